The van der Waals surface area contributed by atoms with Crippen molar-refractivity contribution in [1.82, 2.24) is 0 Å². The van der Waals surface area contributed by atoms with E-state index in [4.69, 9.17) is 0 Å². The Morgan fingerprint density at radius 1 is 0.846 bits per heavy atom. The summed E-state index contributed by atoms with van der Waals surface area (Å²) < 4.78 is 73.0. The Bertz CT molecular complexity index is 336. The molecule has 1 rings (SSSR count). The molecule has 0 spiro atoms. The fourth-order valence-corrected chi connectivity index (χ4v) is 1.14. The van der Waals surface area contributed by atoms with Crippen molar-refractivity contribution in [2.45, 2.75) is 0 Å². The van der Waals surface area contributed by atoms with Gasteiger partial charge in [-0.1, -0.05) is 0 Å². The van der Waals surface area contributed by atoms with Gasteiger partial charge in [-0.3, -0.25) is 0 Å². The van der Waals surface area contributed by atoms with Crippen molar-refractivity contribution in [2.75, 3.05) is 0 Å². The molecule has 0 fully saturated rings. The van der Waals surface area contributed by atoms with Crippen LogP contribution in [0.4, 0.5) is 26.0 Å². The molecule has 0 unspecified atom stereocenters. The lowest BCUT2D eigenvalue weighted by atomic mass is 10.3. The minimum atomic E-state index is -3.98. The fourth-order valence-electron chi connectivity index (χ4n) is 0.683. The molecule has 72 valence electrons. The molecular formula is C6HF6P. The van der Waals surface area contributed by atoms with E-state index in [-0.39, 0.29) is 6.07 Å². The zero-order valence-electron chi connectivity index (χ0n) is 5.79. The second kappa shape index (κ2) is 3.54. The summed E-state index contributed by atoms with van der Waals surface area (Å²) in [5.74, 6) is -8.15. The topological polar surface area (TPSA) is 0 Å². The smallest absolute Gasteiger partial charge is 0.204 e. The zero-order valence-corrected chi connectivity index (χ0v) is 6.69. The third-order valence-electron chi connectivity index (χ3n) is 1.27. The van der Waals surface area contributed by atoms with Gasteiger partial charge in [-0.15, -0.1) is 0 Å². The molecule has 0 bridgehead atoms. The van der Waals surface area contributed by atoms with Gasteiger partial charge in [0.2, 0.25) is 0 Å². The largest absolute Gasteiger partial charge is 0.301 e. The Morgan fingerprint density at radius 3 is 1.85 bits per heavy atom. The first-order chi connectivity index (χ1) is 5.95. The van der Waals surface area contributed by atoms with Crippen LogP contribution >= 0.6 is 8.54 Å². The van der Waals surface area contributed by atoms with E-state index in [1.165, 1.54) is 0 Å². The SMILES string of the molecule is Fc1cc(P(F)F)c(F)c(F)c1F. The van der Waals surface area contributed by atoms with Crippen LogP contribution in [0.5, 0.6) is 0 Å². The fraction of sp³-hybridized carbons (Fsp3) is 0. The van der Waals surface area contributed by atoms with Crippen molar-refractivity contribution < 1.29 is 26.0 Å². The molecular weight excluding hydrogens is 217 g/mol. The van der Waals surface area contributed by atoms with E-state index in [0.717, 1.165) is 0 Å². The molecule has 0 nitrogen and oxygen atoms in total. The Hall–Kier alpha value is -0.770. The Morgan fingerprint density at radius 2 is 1.38 bits per heavy atom. The van der Waals surface area contributed by atoms with Crippen LogP contribution in [0.15, 0.2) is 6.07 Å². The Balaban J connectivity index is 3.41. The average molecular weight is 218 g/mol. The molecule has 0 saturated carbocycles. The highest BCUT2D eigenvalue weighted by Crippen LogP contribution is 2.39. The van der Waals surface area contributed by atoms with Crippen LogP contribution in [0.3, 0.4) is 0 Å². The van der Waals surface area contributed by atoms with Crippen molar-refractivity contribution in [2.24, 2.45) is 0 Å². The van der Waals surface area contributed by atoms with E-state index in [0.29, 0.717) is 0 Å². The highest BCUT2D eigenvalue weighted by molar-refractivity contribution is 7.55. The van der Waals surface area contributed by atoms with E-state index in [1.54, 1.807) is 0 Å². The van der Waals surface area contributed by atoms with E-state index in [1.807, 2.05) is 0 Å². The second-order valence-corrected chi connectivity index (χ2v) is 3.00. The van der Waals surface area contributed by atoms with Gasteiger partial charge in [-0.2, -0.15) is 8.39 Å². The summed E-state index contributed by atoms with van der Waals surface area (Å²) in [5, 5.41) is -1.42. The molecule has 0 aliphatic carbocycles. The lowest BCUT2D eigenvalue weighted by molar-refractivity contribution is 0.412. The van der Waals surface area contributed by atoms with Gasteiger partial charge in [0.25, 0.3) is 0 Å². The van der Waals surface area contributed by atoms with E-state index >= 15 is 0 Å². The van der Waals surface area contributed by atoms with Gasteiger partial charge in [-0.05, 0) is 6.07 Å². The quantitative estimate of drug-likeness (QED) is 0.294. The normalized spacial score (nSPS) is 11.0. The van der Waals surface area contributed by atoms with Crippen molar-refractivity contribution in [3.05, 3.63) is 29.3 Å². The maximum absolute atomic E-state index is 12.4. The number of halogens is 6. The molecule has 0 heterocycles. The highest BCUT2D eigenvalue weighted by atomic mass is 31.2. The molecule has 0 radical (unpaired) electrons. The van der Waals surface area contributed by atoms with Crippen LogP contribution in [0.1, 0.15) is 0 Å². The van der Waals surface area contributed by atoms with E-state index in [2.05, 4.69) is 0 Å². The van der Waals surface area contributed by atoms with E-state index < -0.39 is 37.1 Å². The molecule has 0 N–H and O–H groups in total. The van der Waals surface area contributed by atoms with E-state index in [9.17, 15) is 26.0 Å². The molecule has 0 amide bonds. The highest BCUT2D eigenvalue weighted by Gasteiger charge is 2.24. The standard InChI is InChI=1S/C6HF6P/c7-2-1-3(13(11)12)5(9)6(10)4(2)8/h1H. The van der Waals surface area contributed by atoms with Gasteiger partial charge < -0.3 is 0 Å². The number of rotatable bonds is 1. The second-order valence-electron chi connectivity index (χ2n) is 2.05. The third-order valence-corrected chi connectivity index (χ3v) is 1.96. The van der Waals surface area contributed by atoms with Crippen molar-refractivity contribution in [3.8, 4) is 0 Å². The molecule has 0 aliphatic rings. The van der Waals surface area contributed by atoms with Crippen LogP contribution in [-0.2, 0) is 0 Å². The average Bonchev–Trinajstić information content (AvgIpc) is 2.07. The van der Waals surface area contributed by atoms with Gasteiger partial charge in [-0.25, -0.2) is 17.6 Å². The predicted molar refractivity (Wildman–Crippen MR) is 35.0 cm³/mol. The van der Waals surface area contributed by atoms with Gasteiger partial charge in [0.15, 0.2) is 23.3 Å². The van der Waals surface area contributed by atoms with Gasteiger partial charge >= 0.3 is 8.54 Å². The third kappa shape index (κ3) is 1.77. The van der Waals surface area contributed by atoms with Crippen LogP contribution in [-0.4, -0.2) is 0 Å². The van der Waals surface area contributed by atoms with Crippen LogP contribution < -0.4 is 5.30 Å². The summed E-state index contributed by atoms with van der Waals surface area (Å²) in [6.07, 6.45) is 0. The summed E-state index contributed by atoms with van der Waals surface area (Å²) in [6.45, 7) is 0. The summed E-state index contributed by atoms with van der Waals surface area (Å²) in [7, 11) is -3.98. The summed E-state index contributed by atoms with van der Waals surface area (Å²) in [5.41, 5.74) is 0. The molecule has 13 heavy (non-hydrogen) atoms. The van der Waals surface area contributed by atoms with Gasteiger partial charge in [0.05, 0.1) is 5.30 Å². The van der Waals surface area contributed by atoms with Gasteiger partial charge in [0, 0.05) is 0 Å². The number of benzene rings is 1. The number of hydrogen-bond acceptors (Lipinski definition) is 0. The first-order valence-electron chi connectivity index (χ1n) is 2.89. The van der Waals surface area contributed by atoms with Crippen LogP contribution in [0.25, 0.3) is 0 Å². The molecule has 1 aromatic carbocycles. The Kier molecular flexibility index (Phi) is 2.81. The maximum atomic E-state index is 12.4. The van der Waals surface area contributed by atoms with Gasteiger partial charge in [0.1, 0.15) is 0 Å². The monoisotopic (exact) mass is 218 g/mol. The zero-order chi connectivity index (χ0) is 10.2. The van der Waals surface area contributed by atoms with Crippen LogP contribution in [0.2, 0.25) is 0 Å². The summed E-state index contributed by atoms with van der Waals surface area (Å²) in [4.78, 5) is 0. The Labute approximate surface area is 70.2 Å². The van der Waals surface area contributed by atoms with Crippen molar-refractivity contribution in [1.29, 1.82) is 0 Å². The molecule has 7 heteroatoms. The van der Waals surface area contributed by atoms with Crippen LogP contribution in [0, 0.1) is 23.3 Å². The van der Waals surface area contributed by atoms with Crippen molar-refractivity contribution in [3.63, 3.8) is 0 Å². The number of hydrogen-bond donors (Lipinski definition) is 0. The minimum absolute atomic E-state index is 0.0422. The summed E-state index contributed by atoms with van der Waals surface area (Å²) in [6, 6.07) is -0.0422. The lowest BCUT2D eigenvalue weighted by Crippen LogP contribution is -2.10. The minimum Gasteiger partial charge on any atom is -0.204 e. The first kappa shape index (κ1) is 10.3. The maximum Gasteiger partial charge on any atom is 0.301 e. The molecule has 0 aliphatic heterocycles. The predicted octanol–water partition coefficient (Wildman–Crippen LogP) is 3.12. The summed E-state index contributed by atoms with van der Waals surface area (Å²) >= 11 is 0. The lowest BCUT2D eigenvalue weighted by Gasteiger charge is -2.02. The van der Waals surface area contributed by atoms with Crippen molar-refractivity contribution >= 4 is 13.8 Å². The molecule has 0 aromatic heterocycles. The first-order valence-corrected chi connectivity index (χ1v) is 4.02. The molecule has 0 atom stereocenters. The molecule has 0 saturated heterocycles. The molecule has 1 aromatic rings.